The standard InChI is InChI=1S/C14H23N3S/c1-15-10-14(5-6-14)13-16-12(9-18-13)11-3-7-17(2)8-4-11/h9,11,15H,3-8,10H2,1-2H3. The second kappa shape index (κ2) is 4.91. The summed E-state index contributed by atoms with van der Waals surface area (Å²) in [6, 6.07) is 0. The molecule has 1 aromatic heterocycles. The predicted octanol–water partition coefficient (Wildman–Crippen LogP) is 2.20. The van der Waals surface area contributed by atoms with Crippen molar-refractivity contribution in [2.75, 3.05) is 33.7 Å². The molecule has 0 aromatic carbocycles. The summed E-state index contributed by atoms with van der Waals surface area (Å²) in [5, 5.41) is 7.02. The van der Waals surface area contributed by atoms with Crippen molar-refractivity contribution < 1.29 is 0 Å². The third kappa shape index (κ3) is 2.33. The minimum absolute atomic E-state index is 0.392. The van der Waals surface area contributed by atoms with E-state index >= 15 is 0 Å². The topological polar surface area (TPSA) is 28.2 Å². The molecule has 1 aliphatic heterocycles. The molecule has 2 aliphatic rings. The van der Waals surface area contributed by atoms with E-state index in [2.05, 4.69) is 22.6 Å². The minimum atomic E-state index is 0.392. The van der Waals surface area contributed by atoms with E-state index < -0.39 is 0 Å². The molecule has 0 amide bonds. The summed E-state index contributed by atoms with van der Waals surface area (Å²) in [6.45, 7) is 3.53. The van der Waals surface area contributed by atoms with Crippen molar-refractivity contribution in [2.45, 2.75) is 37.0 Å². The van der Waals surface area contributed by atoms with Gasteiger partial charge in [0, 0.05) is 23.3 Å². The molecule has 18 heavy (non-hydrogen) atoms. The van der Waals surface area contributed by atoms with E-state index in [1.54, 1.807) is 0 Å². The van der Waals surface area contributed by atoms with Crippen LogP contribution in [0.2, 0.25) is 0 Å². The van der Waals surface area contributed by atoms with Crippen LogP contribution in [0.4, 0.5) is 0 Å². The van der Waals surface area contributed by atoms with Crippen LogP contribution in [-0.4, -0.2) is 43.6 Å². The number of nitrogens with one attached hydrogen (secondary N) is 1. The monoisotopic (exact) mass is 265 g/mol. The molecular weight excluding hydrogens is 242 g/mol. The van der Waals surface area contributed by atoms with Gasteiger partial charge in [-0.05, 0) is 52.9 Å². The van der Waals surface area contributed by atoms with E-state index in [9.17, 15) is 0 Å². The summed E-state index contributed by atoms with van der Waals surface area (Å²) in [7, 11) is 4.26. The Bertz CT molecular complexity index is 403. The first-order chi connectivity index (χ1) is 8.73. The van der Waals surface area contributed by atoms with Gasteiger partial charge in [-0.2, -0.15) is 0 Å². The van der Waals surface area contributed by atoms with E-state index in [-0.39, 0.29) is 0 Å². The van der Waals surface area contributed by atoms with Gasteiger partial charge < -0.3 is 10.2 Å². The third-order valence-corrected chi connectivity index (χ3v) is 5.59. The zero-order chi connectivity index (χ0) is 12.6. The second-order valence-corrected chi connectivity index (χ2v) is 6.82. The Morgan fingerprint density at radius 1 is 1.44 bits per heavy atom. The van der Waals surface area contributed by atoms with Crippen molar-refractivity contribution in [3.05, 3.63) is 16.1 Å². The second-order valence-electron chi connectivity index (χ2n) is 5.97. The molecule has 3 nitrogen and oxygen atoms in total. The van der Waals surface area contributed by atoms with E-state index in [0.29, 0.717) is 11.3 Å². The maximum absolute atomic E-state index is 4.97. The highest BCUT2D eigenvalue weighted by Gasteiger charge is 2.46. The molecule has 0 radical (unpaired) electrons. The molecule has 0 spiro atoms. The van der Waals surface area contributed by atoms with Crippen LogP contribution in [0.3, 0.4) is 0 Å². The van der Waals surface area contributed by atoms with Gasteiger partial charge in [0.2, 0.25) is 0 Å². The first kappa shape index (κ1) is 12.6. The van der Waals surface area contributed by atoms with Crippen molar-refractivity contribution >= 4 is 11.3 Å². The quantitative estimate of drug-likeness (QED) is 0.904. The number of nitrogens with zero attached hydrogens (tertiary/aromatic N) is 2. The fourth-order valence-electron chi connectivity index (χ4n) is 2.98. The molecule has 1 aliphatic carbocycles. The highest BCUT2D eigenvalue weighted by atomic mass is 32.1. The summed E-state index contributed by atoms with van der Waals surface area (Å²) < 4.78 is 0. The summed E-state index contributed by atoms with van der Waals surface area (Å²) in [5.74, 6) is 0.705. The lowest BCUT2D eigenvalue weighted by molar-refractivity contribution is 0.253. The summed E-state index contributed by atoms with van der Waals surface area (Å²) in [5.41, 5.74) is 1.76. The number of rotatable bonds is 4. The average molecular weight is 265 g/mol. The Morgan fingerprint density at radius 2 is 2.17 bits per heavy atom. The normalized spacial score (nSPS) is 24.3. The predicted molar refractivity (Wildman–Crippen MR) is 76.4 cm³/mol. The van der Waals surface area contributed by atoms with Gasteiger partial charge in [0.1, 0.15) is 5.01 Å². The molecule has 0 bridgehead atoms. The van der Waals surface area contributed by atoms with Crippen LogP contribution in [0.25, 0.3) is 0 Å². The molecular formula is C14H23N3S. The number of aromatic nitrogens is 1. The number of thiazole rings is 1. The van der Waals surface area contributed by atoms with Gasteiger partial charge in [0.05, 0.1) is 5.69 Å². The molecule has 1 N–H and O–H groups in total. The Hall–Kier alpha value is -0.450. The highest BCUT2D eigenvalue weighted by Crippen LogP contribution is 2.49. The van der Waals surface area contributed by atoms with Crippen LogP contribution in [0, 0.1) is 0 Å². The van der Waals surface area contributed by atoms with Gasteiger partial charge >= 0.3 is 0 Å². The number of likely N-dealkylation sites (tertiary alicyclic amines) is 1. The van der Waals surface area contributed by atoms with Crippen LogP contribution in [-0.2, 0) is 5.41 Å². The van der Waals surface area contributed by atoms with Gasteiger partial charge in [0.15, 0.2) is 0 Å². The van der Waals surface area contributed by atoms with Crippen molar-refractivity contribution in [3.8, 4) is 0 Å². The lowest BCUT2D eigenvalue weighted by Gasteiger charge is -2.27. The SMILES string of the molecule is CNCC1(c2nc(C3CCN(C)CC3)cs2)CC1. The van der Waals surface area contributed by atoms with Gasteiger partial charge in [0.25, 0.3) is 0 Å². The summed E-state index contributed by atoms with van der Waals surface area (Å²) in [4.78, 5) is 7.40. The number of piperidine rings is 1. The van der Waals surface area contributed by atoms with E-state index in [4.69, 9.17) is 4.98 Å². The van der Waals surface area contributed by atoms with Crippen LogP contribution in [0.1, 0.15) is 42.3 Å². The zero-order valence-corrected chi connectivity index (χ0v) is 12.2. The Kier molecular flexibility index (Phi) is 3.43. The molecule has 1 saturated carbocycles. The van der Waals surface area contributed by atoms with Gasteiger partial charge in [-0.15, -0.1) is 11.3 Å². The Labute approximate surface area is 114 Å². The molecule has 0 atom stereocenters. The van der Waals surface area contributed by atoms with Crippen molar-refractivity contribution in [1.82, 2.24) is 15.2 Å². The van der Waals surface area contributed by atoms with E-state index in [1.807, 2.05) is 18.4 Å². The van der Waals surface area contributed by atoms with Gasteiger partial charge in [-0.25, -0.2) is 4.98 Å². The van der Waals surface area contributed by atoms with Gasteiger partial charge in [-0.3, -0.25) is 0 Å². The van der Waals surface area contributed by atoms with Gasteiger partial charge in [-0.1, -0.05) is 0 Å². The molecule has 1 aromatic rings. The fraction of sp³-hybridized carbons (Fsp3) is 0.786. The van der Waals surface area contributed by atoms with Crippen LogP contribution >= 0.6 is 11.3 Å². The first-order valence-corrected chi connectivity index (χ1v) is 7.90. The lowest BCUT2D eigenvalue weighted by atomic mass is 9.94. The summed E-state index contributed by atoms with van der Waals surface area (Å²) in [6.07, 6.45) is 5.18. The van der Waals surface area contributed by atoms with Crippen LogP contribution in [0.15, 0.2) is 5.38 Å². The molecule has 100 valence electrons. The lowest BCUT2D eigenvalue weighted by Crippen LogP contribution is -2.29. The molecule has 4 heteroatoms. The smallest absolute Gasteiger partial charge is 0.100 e. The number of likely N-dealkylation sites (N-methyl/N-ethyl adjacent to an activating group) is 1. The van der Waals surface area contributed by atoms with Crippen molar-refractivity contribution in [3.63, 3.8) is 0 Å². The fourth-order valence-corrected chi connectivity index (χ4v) is 4.14. The molecule has 0 unspecified atom stereocenters. The Balaban J connectivity index is 1.70. The average Bonchev–Trinajstić information content (AvgIpc) is 2.99. The highest BCUT2D eigenvalue weighted by molar-refractivity contribution is 7.09. The van der Waals surface area contributed by atoms with Crippen molar-refractivity contribution in [2.24, 2.45) is 0 Å². The maximum atomic E-state index is 4.97. The summed E-state index contributed by atoms with van der Waals surface area (Å²) >= 11 is 1.89. The number of hydrogen-bond donors (Lipinski definition) is 1. The van der Waals surface area contributed by atoms with Crippen LogP contribution in [0.5, 0.6) is 0 Å². The molecule has 1 saturated heterocycles. The maximum Gasteiger partial charge on any atom is 0.100 e. The van der Waals surface area contributed by atoms with E-state index in [1.165, 1.54) is 49.5 Å². The molecule has 2 fully saturated rings. The van der Waals surface area contributed by atoms with E-state index in [0.717, 1.165) is 6.54 Å². The molecule has 3 rings (SSSR count). The first-order valence-electron chi connectivity index (χ1n) is 7.02. The van der Waals surface area contributed by atoms with Crippen molar-refractivity contribution in [1.29, 1.82) is 0 Å². The molecule has 2 heterocycles. The zero-order valence-electron chi connectivity index (χ0n) is 11.4. The third-order valence-electron chi connectivity index (χ3n) is 4.48. The largest absolute Gasteiger partial charge is 0.319 e. The minimum Gasteiger partial charge on any atom is -0.319 e. The number of hydrogen-bond acceptors (Lipinski definition) is 4. The van der Waals surface area contributed by atoms with Crippen LogP contribution < -0.4 is 5.32 Å². The Morgan fingerprint density at radius 3 is 2.78 bits per heavy atom.